The highest BCUT2D eigenvalue weighted by Gasteiger charge is 2.37. The van der Waals surface area contributed by atoms with E-state index in [1.54, 1.807) is 18.2 Å². The molecule has 0 bridgehead atoms. The molecule has 0 saturated carbocycles. The van der Waals surface area contributed by atoms with Gasteiger partial charge in [-0.15, -0.1) is 0 Å². The second kappa shape index (κ2) is 10.2. The highest BCUT2D eigenvalue weighted by molar-refractivity contribution is 6.32. The van der Waals surface area contributed by atoms with Crippen LogP contribution in [0.25, 0.3) is 11.0 Å². The second-order valence-corrected chi connectivity index (χ2v) is 8.72. The van der Waals surface area contributed by atoms with Gasteiger partial charge in [0.05, 0.1) is 17.7 Å². The van der Waals surface area contributed by atoms with Crippen LogP contribution in [0.1, 0.15) is 91.3 Å². The molecule has 33 heavy (non-hydrogen) atoms. The van der Waals surface area contributed by atoms with Gasteiger partial charge >= 0.3 is 0 Å². The van der Waals surface area contributed by atoms with Gasteiger partial charge < -0.3 is 14.1 Å². The summed E-state index contributed by atoms with van der Waals surface area (Å²) in [5.74, 6) is 0.152. The molecule has 1 aliphatic rings. The van der Waals surface area contributed by atoms with Crippen molar-refractivity contribution in [1.29, 1.82) is 0 Å². The van der Waals surface area contributed by atoms with E-state index in [2.05, 4.69) is 25.7 Å². The smallest absolute Gasteiger partial charge is 0.229 e. The summed E-state index contributed by atoms with van der Waals surface area (Å²) in [6.07, 6.45) is 6.37. The third-order valence-electron chi connectivity index (χ3n) is 6.29. The highest BCUT2D eigenvalue weighted by Crippen LogP contribution is 2.39. The number of rotatable bonds is 11. The molecular formula is C28H33NO4. The van der Waals surface area contributed by atoms with Gasteiger partial charge in [-0.3, -0.25) is 9.59 Å². The molecule has 1 aromatic heterocycles. The van der Waals surface area contributed by atoms with Gasteiger partial charge in [0.1, 0.15) is 11.3 Å². The molecule has 0 saturated heterocycles. The minimum Gasteiger partial charge on any atom is -0.493 e. The minimum absolute atomic E-state index is 0.138. The summed E-state index contributed by atoms with van der Waals surface area (Å²) < 4.78 is 11.9. The lowest BCUT2D eigenvalue weighted by Crippen LogP contribution is -2.25. The van der Waals surface area contributed by atoms with Gasteiger partial charge in [0.25, 0.3) is 0 Å². The van der Waals surface area contributed by atoms with Gasteiger partial charge in [0.15, 0.2) is 5.76 Å². The molecule has 0 fully saturated rings. The van der Waals surface area contributed by atoms with Gasteiger partial charge in [0.2, 0.25) is 11.6 Å². The topological polar surface area (TPSA) is 59.8 Å². The van der Waals surface area contributed by atoms with Crippen molar-refractivity contribution in [2.45, 2.75) is 59.3 Å². The summed E-state index contributed by atoms with van der Waals surface area (Å²) in [7, 11) is 0. The molecule has 174 valence electrons. The molecule has 0 aliphatic heterocycles. The first-order valence-corrected chi connectivity index (χ1v) is 12.3. The summed E-state index contributed by atoms with van der Waals surface area (Å²) >= 11 is 0. The lowest BCUT2D eigenvalue weighted by atomic mass is 9.86. The van der Waals surface area contributed by atoms with Crippen LogP contribution in [0.4, 0.5) is 5.69 Å². The molecule has 1 heterocycles. The summed E-state index contributed by atoms with van der Waals surface area (Å²) in [6, 6.07) is 11.2. The Labute approximate surface area is 195 Å². The minimum atomic E-state index is -0.257. The van der Waals surface area contributed by atoms with Crippen LogP contribution in [0.3, 0.4) is 0 Å². The fourth-order valence-electron chi connectivity index (χ4n) is 4.38. The van der Waals surface area contributed by atoms with Crippen molar-refractivity contribution >= 4 is 28.2 Å². The zero-order chi connectivity index (χ0) is 23.4. The van der Waals surface area contributed by atoms with Crippen LogP contribution < -0.4 is 9.64 Å². The molecule has 0 atom stereocenters. The van der Waals surface area contributed by atoms with Gasteiger partial charge in [-0.1, -0.05) is 46.1 Å². The van der Waals surface area contributed by atoms with Crippen molar-refractivity contribution in [3.05, 3.63) is 58.8 Å². The molecule has 0 N–H and O–H groups in total. The summed E-state index contributed by atoms with van der Waals surface area (Å²) in [4.78, 5) is 29.2. The van der Waals surface area contributed by atoms with Crippen molar-refractivity contribution in [2.24, 2.45) is 0 Å². The van der Waals surface area contributed by atoms with Crippen LogP contribution in [-0.4, -0.2) is 31.3 Å². The monoisotopic (exact) mass is 447 g/mol. The zero-order valence-electron chi connectivity index (χ0n) is 19.9. The summed E-state index contributed by atoms with van der Waals surface area (Å²) in [5.41, 5.74) is 2.71. The number of ether oxygens (including phenoxy) is 1. The second-order valence-electron chi connectivity index (χ2n) is 8.72. The van der Waals surface area contributed by atoms with Gasteiger partial charge in [-0.05, 0) is 43.5 Å². The molecule has 4 rings (SSSR count). The largest absolute Gasteiger partial charge is 0.493 e. The number of ketones is 2. The molecule has 0 unspecified atom stereocenters. The van der Waals surface area contributed by atoms with Crippen molar-refractivity contribution in [3.8, 4) is 5.75 Å². The maximum atomic E-state index is 13.6. The molecule has 1 aliphatic carbocycles. The number of fused-ring (bicyclic) bond motifs is 4. The average molecular weight is 448 g/mol. The molecule has 2 aromatic carbocycles. The summed E-state index contributed by atoms with van der Waals surface area (Å²) in [6.45, 7) is 8.94. The Hall–Kier alpha value is -3.08. The number of carbonyl (C=O) groups is 2. The summed E-state index contributed by atoms with van der Waals surface area (Å²) in [5, 5.41) is 0.687. The third-order valence-corrected chi connectivity index (χ3v) is 6.29. The first-order valence-electron chi connectivity index (χ1n) is 12.3. The Balaban J connectivity index is 1.74. The van der Waals surface area contributed by atoms with E-state index in [0.717, 1.165) is 57.3 Å². The predicted octanol–water partition coefficient (Wildman–Crippen LogP) is 6.79. The molecule has 0 spiro atoms. The zero-order valence-corrected chi connectivity index (χ0v) is 19.9. The number of hydrogen-bond donors (Lipinski definition) is 0. The number of nitrogens with zero attached hydrogens (tertiary/aromatic N) is 1. The Bertz CT molecular complexity index is 1150. The van der Waals surface area contributed by atoms with Crippen LogP contribution in [-0.2, 0) is 0 Å². The van der Waals surface area contributed by atoms with E-state index in [0.29, 0.717) is 40.0 Å². The van der Waals surface area contributed by atoms with E-state index in [-0.39, 0.29) is 17.3 Å². The molecule has 3 aromatic rings. The van der Waals surface area contributed by atoms with Gasteiger partial charge in [-0.2, -0.15) is 0 Å². The van der Waals surface area contributed by atoms with Crippen LogP contribution in [0, 0.1) is 0 Å². The maximum Gasteiger partial charge on any atom is 0.229 e. The van der Waals surface area contributed by atoms with Crippen molar-refractivity contribution < 1.29 is 18.7 Å². The Morgan fingerprint density at radius 3 is 2.27 bits per heavy atom. The van der Waals surface area contributed by atoms with Crippen LogP contribution in [0.2, 0.25) is 0 Å². The Morgan fingerprint density at radius 1 is 0.848 bits per heavy atom. The fraction of sp³-hybridized carbons (Fsp3) is 0.429. The molecule has 5 heteroatoms. The molecule has 0 radical (unpaired) electrons. The quantitative estimate of drug-likeness (QED) is 0.237. The molecule has 0 amide bonds. The lowest BCUT2D eigenvalue weighted by molar-refractivity contribution is 0.0959. The van der Waals surface area contributed by atoms with E-state index in [4.69, 9.17) is 9.15 Å². The number of furan rings is 1. The number of benzene rings is 2. The van der Waals surface area contributed by atoms with Crippen molar-refractivity contribution in [1.82, 2.24) is 0 Å². The first kappa shape index (κ1) is 23.1. The maximum absolute atomic E-state index is 13.6. The van der Waals surface area contributed by atoms with Gasteiger partial charge in [-0.25, -0.2) is 0 Å². The standard InChI is InChI=1S/C28H33NO4/c1-4-7-15-29(16-8-5-2)19-13-14-20-23(18-19)33-28-25(20)27(31)24-21(26(28)30)11-10-12-22(24)32-17-9-6-3/h10-14,18H,4-9,15-17H2,1-3H3. The number of carbonyl (C=O) groups excluding carboxylic acids is 2. The highest BCUT2D eigenvalue weighted by atomic mass is 16.5. The predicted molar refractivity (Wildman–Crippen MR) is 132 cm³/mol. The number of unbranched alkanes of at least 4 members (excludes halogenated alkanes) is 3. The van der Waals surface area contributed by atoms with E-state index < -0.39 is 0 Å². The third kappa shape index (κ3) is 4.41. The Kier molecular flexibility index (Phi) is 7.17. The molecular weight excluding hydrogens is 414 g/mol. The van der Waals surface area contributed by atoms with Crippen LogP contribution in [0.5, 0.6) is 5.75 Å². The van der Waals surface area contributed by atoms with Crippen LogP contribution in [0.15, 0.2) is 40.8 Å². The van der Waals surface area contributed by atoms with Crippen molar-refractivity contribution in [2.75, 3.05) is 24.6 Å². The number of hydrogen-bond acceptors (Lipinski definition) is 5. The van der Waals surface area contributed by atoms with E-state index in [1.807, 2.05) is 18.2 Å². The van der Waals surface area contributed by atoms with Crippen molar-refractivity contribution in [3.63, 3.8) is 0 Å². The lowest BCUT2D eigenvalue weighted by Gasteiger charge is -2.24. The molecule has 5 nitrogen and oxygen atoms in total. The average Bonchev–Trinajstić information content (AvgIpc) is 3.22. The SMILES string of the molecule is CCCCOc1cccc2c1C(=O)c1c(oc3cc(N(CCCC)CCCC)ccc13)C2=O. The normalized spacial score (nSPS) is 12.7. The first-order chi connectivity index (χ1) is 16.1. The van der Waals surface area contributed by atoms with E-state index >= 15 is 0 Å². The Morgan fingerprint density at radius 2 is 1.58 bits per heavy atom. The van der Waals surface area contributed by atoms with E-state index in [9.17, 15) is 9.59 Å². The number of anilines is 1. The fourth-order valence-corrected chi connectivity index (χ4v) is 4.38. The van der Waals surface area contributed by atoms with Crippen LogP contribution >= 0.6 is 0 Å². The van der Waals surface area contributed by atoms with E-state index in [1.165, 1.54) is 0 Å². The van der Waals surface area contributed by atoms with Gasteiger partial charge in [0, 0.05) is 35.8 Å².